The second-order valence-electron chi connectivity index (χ2n) is 2.08. The van der Waals surface area contributed by atoms with Crippen LogP contribution in [0.4, 0.5) is 13.2 Å². The average molecular weight is 342 g/mol. The fraction of sp³-hybridized carbons (Fsp3) is 0.167. The summed E-state index contributed by atoms with van der Waals surface area (Å²) in [4.78, 5) is 3.12. The van der Waals surface area contributed by atoms with Crippen LogP contribution in [-0.2, 0) is 6.18 Å². The first-order chi connectivity index (χ1) is 5.84. The molecule has 0 bridgehead atoms. The van der Waals surface area contributed by atoms with Crippen LogP contribution >= 0.6 is 45.8 Å². The maximum absolute atomic E-state index is 12.2. The molecule has 7 heteroatoms. The number of halogens is 6. The molecule has 0 fully saturated rings. The van der Waals surface area contributed by atoms with Gasteiger partial charge in [0.1, 0.15) is 0 Å². The second-order valence-corrected chi connectivity index (χ2v) is 3.94. The normalized spacial score (nSPS) is 11.8. The quantitative estimate of drug-likeness (QED) is 0.650. The lowest BCUT2D eigenvalue weighted by Crippen LogP contribution is -2.09. The summed E-state index contributed by atoms with van der Waals surface area (Å²) in [6.07, 6.45) is -3.61. The van der Waals surface area contributed by atoms with Gasteiger partial charge in [-0.25, -0.2) is 4.98 Å². The van der Waals surface area contributed by atoms with Gasteiger partial charge in [-0.3, -0.25) is 0 Å². The van der Waals surface area contributed by atoms with E-state index < -0.39 is 16.9 Å². The maximum Gasteiger partial charge on any atom is 0.434 e. The Morgan fingerprint density at radius 3 is 2.31 bits per heavy atom. The van der Waals surface area contributed by atoms with Gasteiger partial charge in [0, 0.05) is 6.20 Å². The fourth-order valence-electron chi connectivity index (χ4n) is 0.641. The predicted octanol–water partition coefficient (Wildman–Crippen LogP) is 4.01. The topological polar surface area (TPSA) is 12.9 Å². The summed E-state index contributed by atoms with van der Waals surface area (Å²) in [5, 5.41) is -0.348. The van der Waals surface area contributed by atoms with E-state index in [0.717, 1.165) is 6.20 Å². The van der Waals surface area contributed by atoms with E-state index >= 15 is 0 Å². The van der Waals surface area contributed by atoms with Crippen molar-refractivity contribution < 1.29 is 13.2 Å². The third-order valence-electron chi connectivity index (χ3n) is 1.19. The Balaban J connectivity index is 3.35. The van der Waals surface area contributed by atoms with Crippen LogP contribution in [0, 0.1) is 3.57 Å². The van der Waals surface area contributed by atoms with Crippen LogP contribution in [0.1, 0.15) is 5.69 Å². The zero-order valence-corrected chi connectivity index (χ0v) is 9.46. The van der Waals surface area contributed by atoms with Crippen molar-refractivity contribution in [3.8, 4) is 0 Å². The van der Waals surface area contributed by atoms with E-state index in [1.54, 1.807) is 22.6 Å². The average Bonchev–Trinajstić information content (AvgIpc) is 1.98. The van der Waals surface area contributed by atoms with Crippen molar-refractivity contribution in [2.75, 3.05) is 0 Å². The third kappa shape index (κ3) is 2.38. The number of nitrogens with zero attached hydrogens (tertiary/aromatic N) is 1. The van der Waals surface area contributed by atoms with Crippen molar-refractivity contribution in [3.05, 3.63) is 25.5 Å². The first-order valence-corrected chi connectivity index (χ1v) is 4.74. The van der Waals surface area contributed by atoms with Crippen molar-refractivity contribution in [3.63, 3.8) is 0 Å². The summed E-state index contributed by atoms with van der Waals surface area (Å²) in [5.74, 6) is 0. The Morgan fingerprint density at radius 1 is 1.31 bits per heavy atom. The molecule has 13 heavy (non-hydrogen) atoms. The monoisotopic (exact) mass is 341 g/mol. The minimum Gasteiger partial charge on any atom is -0.249 e. The zero-order valence-electron chi connectivity index (χ0n) is 5.79. The first kappa shape index (κ1) is 11.3. The maximum atomic E-state index is 12.2. The standard InChI is InChI=1S/C6HCl2F3IN/c7-2-1-13-5(6(9,10)11)3(8)4(2)12/h1H. The third-order valence-corrected chi connectivity index (χ3v) is 3.60. The van der Waals surface area contributed by atoms with Gasteiger partial charge in [0.15, 0.2) is 5.69 Å². The lowest BCUT2D eigenvalue weighted by Gasteiger charge is -2.08. The van der Waals surface area contributed by atoms with Gasteiger partial charge in [0.25, 0.3) is 0 Å². The minimum atomic E-state index is -4.54. The number of hydrogen-bond acceptors (Lipinski definition) is 1. The number of aromatic nitrogens is 1. The molecule has 1 aromatic heterocycles. The molecular formula is C6HCl2F3IN. The molecule has 1 heterocycles. The molecule has 0 aliphatic heterocycles. The zero-order chi connectivity index (χ0) is 10.2. The number of alkyl halides is 3. The van der Waals surface area contributed by atoms with Crippen LogP contribution in [0.3, 0.4) is 0 Å². The van der Waals surface area contributed by atoms with Gasteiger partial charge in [-0.2, -0.15) is 13.2 Å². The van der Waals surface area contributed by atoms with Crippen LogP contribution in [0.5, 0.6) is 0 Å². The van der Waals surface area contributed by atoms with E-state index in [-0.39, 0.29) is 8.59 Å². The van der Waals surface area contributed by atoms with Gasteiger partial charge in [-0.05, 0) is 22.6 Å². The minimum absolute atomic E-state index is 0.110. The lowest BCUT2D eigenvalue weighted by molar-refractivity contribution is -0.141. The molecule has 0 N–H and O–H groups in total. The van der Waals surface area contributed by atoms with Crippen LogP contribution < -0.4 is 0 Å². The second kappa shape index (κ2) is 3.78. The Kier molecular flexibility index (Phi) is 3.29. The molecule has 0 spiro atoms. The van der Waals surface area contributed by atoms with Crippen molar-refractivity contribution in [1.82, 2.24) is 4.98 Å². The molecule has 1 aromatic rings. The molecule has 0 saturated carbocycles. The van der Waals surface area contributed by atoms with E-state index in [1.807, 2.05) is 0 Å². The highest BCUT2D eigenvalue weighted by molar-refractivity contribution is 14.1. The molecule has 0 aliphatic rings. The highest BCUT2D eigenvalue weighted by atomic mass is 127. The van der Waals surface area contributed by atoms with Crippen molar-refractivity contribution in [2.24, 2.45) is 0 Å². The van der Waals surface area contributed by atoms with E-state index in [0.29, 0.717) is 0 Å². The van der Waals surface area contributed by atoms with Crippen LogP contribution in [0.25, 0.3) is 0 Å². The van der Waals surface area contributed by atoms with E-state index in [1.165, 1.54) is 0 Å². The molecule has 72 valence electrons. The smallest absolute Gasteiger partial charge is 0.249 e. The summed E-state index contributed by atoms with van der Waals surface area (Å²) in [6.45, 7) is 0. The van der Waals surface area contributed by atoms with Crippen molar-refractivity contribution in [1.29, 1.82) is 0 Å². The number of pyridine rings is 1. The van der Waals surface area contributed by atoms with Crippen molar-refractivity contribution >= 4 is 45.8 Å². The highest BCUT2D eigenvalue weighted by Crippen LogP contribution is 2.37. The van der Waals surface area contributed by atoms with Gasteiger partial charge < -0.3 is 0 Å². The van der Waals surface area contributed by atoms with Crippen LogP contribution in [0.15, 0.2) is 6.20 Å². The Labute approximate surface area is 95.4 Å². The molecule has 0 aliphatic carbocycles. The van der Waals surface area contributed by atoms with E-state index in [2.05, 4.69) is 4.98 Å². The van der Waals surface area contributed by atoms with E-state index in [4.69, 9.17) is 23.2 Å². The van der Waals surface area contributed by atoms with Gasteiger partial charge in [0.2, 0.25) is 0 Å². The van der Waals surface area contributed by atoms with Gasteiger partial charge >= 0.3 is 6.18 Å². The number of rotatable bonds is 0. The summed E-state index contributed by atoms with van der Waals surface area (Å²) in [7, 11) is 0. The molecule has 0 unspecified atom stereocenters. The SMILES string of the molecule is FC(F)(F)c1ncc(Cl)c(I)c1Cl. The lowest BCUT2D eigenvalue weighted by atomic mass is 10.3. The molecule has 0 amide bonds. The molecule has 1 rings (SSSR count). The molecule has 0 atom stereocenters. The molecule has 1 nitrogen and oxygen atoms in total. The summed E-state index contributed by atoms with van der Waals surface area (Å²) < 4.78 is 36.7. The summed E-state index contributed by atoms with van der Waals surface area (Å²) >= 11 is 12.6. The van der Waals surface area contributed by atoms with Gasteiger partial charge in [-0.15, -0.1) is 0 Å². The van der Waals surface area contributed by atoms with Crippen LogP contribution in [-0.4, -0.2) is 4.98 Å². The fourth-order valence-corrected chi connectivity index (χ4v) is 1.49. The molecular weight excluding hydrogens is 341 g/mol. The summed E-state index contributed by atoms with van der Waals surface area (Å²) in [5.41, 5.74) is -1.11. The highest BCUT2D eigenvalue weighted by Gasteiger charge is 2.36. The Hall–Kier alpha value is 0.250. The van der Waals surface area contributed by atoms with Gasteiger partial charge in [-0.1, -0.05) is 23.2 Å². The van der Waals surface area contributed by atoms with Crippen LogP contribution in [0.2, 0.25) is 10.0 Å². The molecule has 0 aromatic carbocycles. The van der Waals surface area contributed by atoms with Crippen molar-refractivity contribution in [2.45, 2.75) is 6.18 Å². The first-order valence-electron chi connectivity index (χ1n) is 2.90. The van der Waals surface area contributed by atoms with E-state index in [9.17, 15) is 13.2 Å². The Morgan fingerprint density at radius 2 is 1.85 bits per heavy atom. The van der Waals surface area contributed by atoms with Gasteiger partial charge in [0.05, 0.1) is 13.6 Å². The summed E-state index contributed by atoms with van der Waals surface area (Å²) in [6, 6.07) is 0. The number of hydrogen-bond donors (Lipinski definition) is 0. The largest absolute Gasteiger partial charge is 0.434 e. The molecule has 0 radical (unpaired) electrons. The Bertz CT molecular complexity index is 339. The predicted molar refractivity (Wildman–Crippen MR) is 52.0 cm³/mol. The molecule has 0 saturated heterocycles.